The Balaban J connectivity index is 3.30. The zero-order valence-corrected chi connectivity index (χ0v) is 10.6. The summed E-state index contributed by atoms with van der Waals surface area (Å²) in [4.78, 5) is 0. The van der Waals surface area contributed by atoms with E-state index in [2.05, 4.69) is 51.3 Å². The molecule has 0 saturated carbocycles. The lowest BCUT2D eigenvalue weighted by Crippen LogP contribution is -1.91. The molecule has 0 atom stereocenters. The summed E-state index contributed by atoms with van der Waals surface area (Å²) in [7, 11) is 1.63. The van der Waals surface area contributed by atoms with Crippen LogP contribution in [0, 0.1) is 18.5 Å². The van der Waals surface area contributed by atoms with E-state index in [1.54, 1.807) is 7.11 Å². The topological polar surface area (TPSA) is 33.0 Å². The van der Waals surface area contributed by atoms with Gasteiger partial charge in [0.2, 0.25) is 0 Å². The molecule has 0 saturated heterocycles. The van der Waals surface area contributed by atoms with Crippen LogP contribution in [0.15, 0.2) is 12.1 Å². The van der Waals surface area contributed by atoms with E-state index < -0.39 is 0 Å². The molecule has 2 nitrogen and oxygen atoms in total. The highest BCUT2D eigenvalue weighted by Gasteiger charge is 2.06. The molecule has 1 aromatic carbocycles. The minimum absolute atomic E-state index is 0.671. The van der Waals surface area contributed by atoms with E-state index in [0.29, 0.717) is 5.56 Å². The third-order valence-corrected chi connectivity index (χ3v) is 2.93. The summed E-state index contributed by atoms with van der Waals surface area (Å²) in [5.41, 5.74) is 0.671. The molecule has 0 fully saturated rings. The molecule has 4 heteroatoms. The van der Waals surface area contributed by atoms with Gasteiger partial charge in [0.05, 0.1) is 25.9 Å². The van der Waals surface area contributed by atoms with Crippen LogP contribution in [0.25, 0.3) is 0 Å². The number of nitriles is 1. The fourth-order valence-corrected chi connectivity index (χ4v) is 3.03. The normalized spacial score (nSPS) is 9.17. The average Bonchev–Trinajstić information content (AvgIpc) is 2.03. The van der Waals surface area contributed by atoms with Crippen molar-refractivity contribution < 1.29 is 4.74 Å². The van der Waals surface area contributed by atoms with Crippen LogP contribution >= 0.6 is 45.2 Å². The van der Waals surface area contributed by atoms with Gasteiger partial charge in [-0.05, 0) is 57.3 Å². The van der Waals surface area contributed by atoms with Crippen molar-refractivity contribution in [3.63, 3.8) is 0 Å². The molecule has 0 unspecified atom stereocenters. The molecule has 62 valence electrons. The lowest BCUT2D eigenvalue weighted by molar-refractivity contribution is 0.409. The third-order valence-electron chi connectivity index (χ3n) is 1.33. The van der Waals surface area contributed by atoms with Gasteiger partial charge >= 0.3 is 0 Å². The predicted octanol–water partition coefficient (Wildman–Crippen LogP) is 2.78. The second-order valence-corrected chi connectivity index (χ2v) is 4.41. The van der Waals surface area contributed by atoms with Gasteiger partial charge in [0.15, 0.2) is 0 Å². The Kier molecular flexibility index (Phi) is 3.58. The monoisotopic (exact) mass is 385 g/mol. The Labute approximate surface area is 98.2 Å². The van der Waals surface area contributed by atoms with Crippen molar-refractivity contribution in [2.45, 2.75) is 0 Å². The highest BCUT2D eigenvalue weighted by molar-refractivity contribution is 14.1. The standard InChI is InChI=1S/C8H5I2NO/c1-12-8-6(9)2-5(4-11)3-7(8)10/h2-3H,1H3. The summed E-state index contributed by atoms with van der Waals surface area (Å²) in [5, 5.41) is 8.65. The van der Waals surface area contributed by atoms with E-state index in [9.17, 15) is 0 Å². The Morgan fingerprint density at radius 1 is 1.33 bits per heavy atom. The van der Waals surface area contributed by atoms with Crippen molar-refractivity contribution in [1.29, 1.82) is 5.26 Å². The van der Waals surface area contributed by atoms with Crippen LogP contribution in [0.4, 0.5) is 0 Å². The highest BCUT2D eigenvalue weighted by Crippen LogP contribution is 2.28. The fraction of sp³-hybridized carbons (Fsp3) is 0.125. The van der Waals surface area contributed by atoms with E-state index in [4.69, 9.17) is 10.00 Å². The van der Waals surface area contributed by atoms with Crippen LogP contribution < -0.4 is 4.74 Å². The third kappa shape index (κ3) is 2.01. The molecular formula is C8H5I2NO. The molecule has 0 amide bonds. The number of nitrogens with zero attached hydrogens (tertiary/aromatic N) is 1. The minimum Gasteiger partial charge on any atom is -0.495 e. The first-order valence-electron chi connectivity index (χ1n) is 3.12. The van der Waals surface area contributed by atoms with Gasteiger partial charge in [0.25, 0.3) is 0 Å². The van der Waals surface area contributed by atoms with E-state index >= 15 is 0 Å². The molecule has 1 rings (SSSR count). The SMILES string of the molecule is COc1c(I)cc(C#N)cc1I. The molecular weight excluding hydrogens is 380 g/mol. The predicted molar refractivity (Wildman–Crippen MR) is 63.1 cm³/mol. The average molecular weight is 385 g/mol. The first-order valence-corrected chi connectivity index (χ1v) is 5.28. The van der Waals surface area contributed by atoms with Gasteiger partial charge in [-0.3, -0.25) is 0 Å². The minimum atomic E-state index is 0.671. The number of halogens is 2. The quantitative estimate of drug-likeness (QED) is 0.697. The fourth-order valence-electron chi connectivity index (χ4n) is 0.819. The Bertz CT molecular complexity index is 320. The molecule has 0 aliphatic heterocycles. The summed E-state index contributed by atoms with van der Waals surface area (Å²) in [6.45, 7) is 0. The molecule has 0 spiro atoms. The number of hydrogen-bond acceptors (Lipinski definition) is 2. The van der Waals surface area contributed by atoms with Crippen molar-refractivity contribution in [3.8, 4) is 11.8 Å². The van der Waals surface area contributed by atoms with Crippen molar-refractivity contribution in [1.82, 2.24) is 0 Å². The van der Waals surface area contributed by atoms with Crippen LogP contribution in [-0.4, -0.2) is 7.11 Å². The second kappa shape index (κ2) is 4.28. The first-order chi connectivity index (χ1) is 5.69. The highest BCUT2D eigenvalue weighted by atomic mass is 127. The zero-order valence-electron chi connectivity index (χ0n) is 6.27. The van der Waals surface area contributed by atoms with E-state index in [0.717, 1.165) is 12.9 Å². The van der Waals surface area contributed by atoms with Gasteiger partial charge in [-0.1, -0.05) is 0 Å². The molecule has 0 aliphatic rings. The largest absolute Gasteiger partial charge is 0.495 e. The molecule has 0 bridgehead atoms. The van der Waals surface area contributed by atoms with Crippen LogP contribution in [-0.2, 0) is 0 Å². The second-order valence-electron chi connectivity index (χ2n) is 2.08. The molecule has 0 aliphatic carbocycles. The summed E-state index contributed by atoms with van der Waals surface area (Å²) in [6.07, 6.45) is 0. The van der Waals surface area contributed by atoms with Crippen molar-refractivity contribution in [3.05, 3.63) is 24.8 Å². The zero-order chi connectivity index (χ0) is 9.14. The number of hydrogen-bond donors (Lipinski definition) is 0. The Hall–Kier alpha value is -0.0300. The van der Waals surface area contributed by atoms with E-state index in [1.165, 1.54) is 0 Å². The summed E-state index contributed by atoms with van der Waals surface area (Å²) >= 11 is 4.31. The lowest BCUT2D eigenvalue weighted by Gasteiger charge is -2.05. The van der Waals surface area contributed by atoms with Gasteiger partial charge in [0.1, 0.15) is 5.75 Å². The van der Waals surface area contributed by atoms with Crippen LogP contribution in [0.2, 0.25) is 0 Å². The van der Waals surface area contributed by atoms with E-state index in [-0.39, 0.29) is 0 Å². The number of rotatable bonds is 1. The van der Waals surface area contributed by atoms with Gasteiger partial charge in [0, 0.05) is 0 Å². The lowest BCUT2D eigenvalue weighted by atomic mass is 10.2. The number of ether oxygens (including phenoxy) is 1. The smallest absolute Gasteiger partial charge is 0.145 e. The Morgan fingerprint density at radius 2 is 1.83 bits per heavy atom. The summed E-state index contributed by atoms with van der Waals surface area (Å²) < 4.78 is 7.09. The number of benzene rings is 1. The first kappa shape index (κ1) is 10.1. The molecule has 1 aromatic rings. The van der Waals surface area contributed by atoms with Crippen molar-refractivity contribution in [2.75, 3.05) is 7.11 Å². The number of methoxy groups -OCH3 is 1. The van der Waals surface area contributed by atoms with Crippen LogP contribution in [0.5, 0.6) is 5.75 Å². The van der Waals surface area contributed by atoms with Crippen molar-refractivity contribution >= 4 is 45.2 Å². The Morgan fingerprint density at radius 3 is 2.17 bits per heavy atom. The maximum atomic E-state index is 8.65. The molecule has 0 heterocycles. The van der Waals surface area contributed by atoms with Crippen LogP contribution in [0.1, 0.15) is 5.56 Å². The molecule has 12 heavy (non-hydrogen) atoms. The molecule has 0 N–H and O–H groups in total. The van der Waals surface area contributed by atoms with E-state index in [1.807, 2.05) is 12.1 Å². The molecule has 0 aromatic heterocycles. The van der Waals surface area contributed by atoms with Crippen molar-refractivity contribution in [2.24, 2.45) is 0 Å². The van der Waals surface area contributed by atoms with Gasteiger partial charge in [-0.25, -0.2) is 0 Å². The maximum Gasteiger partial charge on any atom is 0.145 e. The van der Waals surface area contributed by atoms with Gasteiger partial charge in [-0.15, -0.1) is 0 Å². The summed E-state index contributed by atoms with van der Waals surface area (Å²) in [6, 6.07) is 5.71. The summed E-state index contributed by atoms with van der Waals surface area (Å²) in [5.74, 6) is 0.843. The maximum absolute atomic E-state index is 8.65. The van der Waals surface area contributed by atoms with Crippen LogP contribution in [0.3, 0.4) is 0 Å². The van der Waals surface area contributed by atoms with Gasteiger partial charge in [-0.2, -0.15) is 5.26 Å². The molecule has 0 radical (unpaired) electrons. The van der Waals surface area contributed by atoms with Gasteiger partial charge < -0.3 is 4.74 Å².